The summed E-state index contributed by atoms with van der Waals surface area (Å²) in [5, 5.41) is 12.5. The molecule has 8 nitrogen and oxygen atoms in total. The number of pyridine rings is 1. The Balaban J connectivity index is 1.61. The van der Waals surface area contributed by atoms with Crippen LogP contribution in [0.15, 0.2) is 12.1 Å². The average Bonchev–Trinajstić information content (AvgIpc) is 3.52. The maximum Gasteiger partial charge on any atom is 0.270 e. The molecule has 1 unspecified atom stereocenters. The summed E-state index contributed by atoms with van der Waals surface area (Å²) in [5.41, 5.74) is 1.11. The van der Waals surface area contributed by atoms with Gasteiger partial charge in [-0.15, -0.1) is 0 Å². The van der Waals surface area contributed by atoms with Gasteiger partial charge in [-0.25, -0.2) is 4.98 Å². The van der Waals surface area contributed by atoms with Gasteiger partial charge < -0.3 is 29.5 Å². The zero-order valence-electron chi connectivity index (χ0n) is 20.0. The predicted molar refractivity (Wildman–Crippen MR) is 124 cm³/mol. The topological polar surface area (TPSA) is 93.2 Å². The van der Waals surface area contributed by atoms with Crippen LogP contribution in [0, 0.1) is 17.8 Å². The van der Waals surface area contributed by atoms with Crippen LogP contribution in [0.4, 0.5) is 10.1 Å². The van der Waals surface area contributed by atoms with Crippen LogP contribution in [-0.4, -0.2) is 81.4 Å². The van der Waals surface area contributed by atoms with E-state index in [0.29, 0.717) is 56.3 Å². The number of anilines is 1. The number of amides is 1. The first-order valence-electron chi connectivity index (χ1n) is 11.9. The summed E-state index contributed by atoms with van der Waals surface area (Å²) in [5.74, 6) is 1.25. The number of methoxy groups -OCH3 is 1. The second kappa shape index (κ2) is 12.5. The van der Waals surface area contributed by atoms with Gasteiger partial charge in [0.25, 0.3) is 5.91 Å². The molecule has 1 aromatic rings. The molecule has 2 fully saturated rings. The highest BCUT2D eigenvalue weighted by atomic mass is 19.1. The molecule has 2 heterocycles. The van der Waals surface area contributed by atoms with Crippen LogP contribution in [0.5, 0.6) is 5.88 Å². The maximum atomic E-state index is 12.8. The van der Waals surface area contributed by atoms with E-state index in [-0.39, 0.29) is 37.0 Å². The zero-order chi connectivity index (χ0) is 23.8. The average molecular weight is 468 g/mol. The lowest BCUT2D eigenvalue weighted by Gasteiger charge is -2.40. The van der Waals surface area contributed by atoms with Gasteiger partial charge >= 0.3 is 0 Å². The van der Waals surface area contributed by atoms with E-state index in [1.54, 1.807) is 13.2 Å². The molecule has 33 heavy (non-hydrogen) atoms. The molecule has 1 aromatic heterocycles. The molecular formula is C24H38FN3O5. The lowest BCUT2D eigenvalue weighted by atomic mass is 10.0. The van der Waals surface area contributed by atoms with Gasteiger partial charge in [-0.05, 0) is 49.1 Å². The van der Waals surface area contributed by atoms with Gasteiger partial charge in [-0.1, -0.05) is 13.8 Å². The molecule has 2 N–H and O–H groups in total. The molecule has 1 amide bonds. The zero-order valence-corrected chi connectivity index (χ0v) is 20.0. The lowest BCUT2D eigenvalue weighted by molar-refractivity contribution is 0.0781. The minimum Gasteiger partial charge on any atom is -0.476 e. The smallest absolute Gasteiger partial charge is 0.270 e. The van der Waals surface area contributed by atoms with Crippen LogP contribution in [0.25, 0.3) is 0 Å². The van der Waals surface area contributed by atoms with Gasteiger partial charge in [0.15, 0.2) is 0 Å². The Labute approximate surface area is 195 Å². The van der Waals surface area contributed by atoms with Gasteiger partial charge in [0.05, 0.1) is 32.0 Å². The summed E-state index contributed by atoms with van der Waals surface area (Å²) in [6, 6.07) is 3.25. The van der Waals surface area contributed by atoms with E-state index in [2.05, 4.69) is 15.2 Å². The number of aliphatic hydroxyl groups excluding tert-OH is 1. The number of rotatable bonds is 15. The first-order valence-corrected chi connectivity index (χ1v) is 11.9. The Morgan fingerprint density at radius 1 is 1.30 bits per heavy atom. The van der Waals surface area contributed by atoms with E-state index in [0.717, 1.165) is 25.2 Å². The second-order valence-corrected chi connectivity index (χ2v) is 9.45. The van der Waals surface area contributed by atoms with Crippen molar-refractivity contribution < 1.29 is 28.5 Å². The van der Waals surface area contributed by atoms with Gasteiger partial charge in [0, 0.05) is 33.4 Å². The Bertz CT molecular complexity index is 760. The van der Waals surface area contributed by atoms with Gasteiger partial charge in [0.1, 0.15) is 11.4 Å². The Morgan fingerprint density at radius 3 is 2.73 bits per heavy atom. The van der Waals surface area contributed by atoms with Crippen LogP contribution in [0.1, 0.15) is 43.6 Å². The summed E-state index contributed by atoms with van der Waals surface area (Å²) in [6.45, 7) is 6.68. The van der Waals surface area contributed by atoms with Crippen LogP contribution in [0.2, 0.25) is 0 Å². The molecule has 9 heteroatoms. The first-order chi connectivity index (χ1) is 15.9. The van der Waals surface area contributed by atoms with Crippen molar-refractivity contribution >= 4 is 11.6 Å². The minimum absolute atomic E-state index is 0.117. The molecule has 1 saturated carbocycles. The van der Waals surface area contributed by atoms with Crippen molar-refractivity contribution in [1.29, 1.82) is 0 Å². The summed E-state index contributed by atoms with van der Waals surface area (Å²) < 4.78 is 29.2. The van der Waals surface area contributed by atoms with Crippen molar-refractivity contribution in [1.82, 2.24) is 10.3 Å². The summed E-state index contributed by atoms with van der Waals surface area (Å²) in [7, 11) is 1.70. The van der Waals surface area contributed by atoms with Crippen molar-refractivity contribution in [3.8, 4) is 5.88 Å². The van der Waals surface area contributed by atoms with E-state index >= 15 is 0 Å². The number of alkyl halides is 1. The molecule has 0 bridgehead atoms. The number of hydrogen-bond donors (Lipinski definition) is 2. The van der Waals surface area contributed by atoms with Crippen LogP contribution < -0.4 is 15.0 Å². The van der Waals surface area contributed by atoms with E-state index in [4.69, 9.17) is 14.2 Å². The number of hydrogen-bond acceptors (Lipinski definition) is 7. The monoisotopic (exact) mass is 467 g/mol. The Morgan fingerprint density at radius 2 is 2.06 bits per heavy atom. The number of ether oxygens (including phenoxy) is 3. The van der Waals surface area contributed by atoms with Crippen LogP contribution in [0.3, 0.4) is 0 Å². The highest BCUT2D eigenvalue weighted by molar-refractivity contribution is 5.93. The van der Waals surface area contributed by atoms with E-state index in [9.17, 15) is 14.3 Å². The number of nitrogens with one attached hydrogen (secondary N) is 1. The van der Waals surface area contributed by atoms with Gasteiger partial charge in [-0.2, -0.15) is 0 Å². The molecule has 0 spiro atoms. The number of aromatic nitrogens is 1. The third-order valence-electron chi connectivity index (χ3n) is 6.16. The van der Waals surface area contributed by atoms with E-state index in [1.807, 2.05) is 19.9 Å². The number of aliphatic hydroxyl groups is 1. The largest absolute Gasteiger partial charge is 0.476 e. The normalized spacial score (nSPS) is 21.1. The Hall–Kier alpha value is -1.97. The van der Waals surface area contributed by atoms with Crippen LogP contribution >= 0.6 is 0 Å². The quantitative estimate of drug-likeness (QED) is 0.383. The third-order valence-corrected chi connectivity index (χ3v) is 6.16. The van der Waals surface area contributed by atoms with E-state index in [1.165, 1.54) is 0 Å². The number of carbonyl (C=O) groups excluding carboxylic acids is 1. The maximum absolute atomic E-state index is 12.8. The molecule has 186 valence electrons. The molecule has 1 aliphatic carbocycles. The Kier molecular flexibility index (Phi) is 9.70. The standard InChI is InChI=1S/C24H38FN3O5/c1-16(2)9-19(13-29)26-23(30)21-5-6-22(28-11-20(12-28)31-3)24(27-21)33-15-18-10-17(18)14-32-8-4-7-25/h5-6,16-20,29H,4,7-15H2,1-3H3,(H,26,30)/t17-,18-,19?/m1/s1. The van der Waals surface area contributed by atoms with Crippen molar-refractivity contribution in [2.24, 2.45) is 17.8 Å². The number of nitrogens with zero attached hydrogens (tertiary/aromatic N) is 2. The van der Waals surface area contributed by atoms with E-state index < -0.39 is 0 Å². The van der Waals surface area contributed by atoms with Gasteiger partial charge in [0.2, 0.25) is 5.88 Å². The highest BCUT2D eigenvalue weighted by Gasteiger charge is 2.38. The summed E-state index contributed by atoms with van der Waals surface area (Å²) in [4.78, 5) is 19.4. The summed E-state index contributed by atoms with van der Waals surface area (Å²) in [6.07, 6.45) is 2.31. The molecule has 0 aromatic carbocycles. The predicted octanol–water partition coefficient (Wildman–Crippen LogP) is 2.44. The molecule has 1 aliphatic heterocycles. The molecule has 0 radical (unpaired) electrons. The summed E-state index contributed by atoms with van der Waals surface area (Å²) >= 11 is 0. The first kappa shape index (κ1) is 25.6. The van der Waals surface area contributed by atoms with Gasteiger partial charge in [-0.3, -0.25) is 9.18 Å². The molecule has 3 rings (SSSR count). The van der Waals surface area contributed by atoms with Crippen molar-refractivity contribution in [3.63, 3.8) is 0 Å². The van der Waals surface area contributed by atoms with Crippen molar-refractivity contribution in [3.05, 3.63) is 17.8 Å². The molecule has 2 aliphatic rings. The molecule has 1 saturated heterocycles. The fourth-order valence-corrected chi connectivity index (χ4v) is 3.99. The van der Waals surface area contributed by atoms with Crippen molar-refractivity contribution in [2.75, 3.05) is 58.2 Å². The number of carbonyl (C=O) groups is 1. The highest BCUT2D eigenvalue weighted by Crippen LogP contribution is 2.40. The fraction of sp³-hybridized carbons (Fsp3) is 0.750. The SMILES string of the molecule is COC1CN(c2ccc(C(=O)NC(CO)CC(C)C)nc2OC[C@H]2C[C@@H]2COCCCF)C1. The third kappa shape index (κ3) is 7.52. The molecular weight excluding hydrogens is 429 g/mol. The van der Waals surface area contributed by atoms with Crippen LogP contribution in [-0.2, 0) is 9.47 Å². The lowest BCUT2D eigenvalue weighted by Crippen LogP contribution is -2.52. The minimum atomic E-state index is -0.355. The fourth-order valence-electron chi connectivity index (χ4n) is 3.99. The van der Waals surface area contributed by atoms with Crippen molar-refractivity contribution in [2.45, 2.75) is 45.3 Å². The second-order valence-electron chi connectivity index (χ2n) is 9.45. The number of halogens is 1. The molecule has 3 atom stereocenters.